The molecule has 44 heavy (non-hydrogen) atoms. The van der Waals surface area contributed by atoms with Crippen molar-refractivity contribution in [3.63, 3.8) is 0 Å². The Balaban J connectivity index is 3.39. The Morgan fingerprint density at radius 2 is 0.682 bits per heavy atom. The third-order valence-corrected chi connectivity index (χ3v) is 4.81. The summed E-state index contributed by atoms with van der Waals surface area (Å²) in [5.41, 5.74) is -1.07. The Bertz CT molecular complexity index is 726. The van der Waals surface area contributed by atoms with Gasteiger partial charge < -0.3 is 60.3 Å². The third kappa shape index (κ3) is 31.8. The van der Waals surface area contributed by atoms with Crippen molar-refractivity contribution in [3.05, 3.63) is 0 Å². The maximum atomic E-state index is 11.8. The first-order valence-corrected chi connectivity index (χ1v) is 15.1. The zero-order chi connectivity index (χ0) is 33.1. The van der Waals surface area contributed by atoms with Crippen LogP contribution in [0.3, 0.4) is 0 Å². The molecule has 0 spiro atoms. The summed E-state index contributed by atoms with van der Waals surface area (Å²) in [5, 5.41) is 16.1. The molecule has 0 aliphatic carbocycles. The van der Waals surface area contributed by atoms with Crippen molar-refractivity contribution >= 4 is 24.2 Å². The van der Waals surface area contributed by atoms with Gasteiger partial charge in [-0.05, 0) is 54.4 Å². The van der Waals surface area contributed by atoms with Gasteiger partial charge in [0.1, 0.15) is 11.2 Å². The van der Waals surface area contributed by atoms with Crippen LogP contribution in [0.25, 0.3) is 0 Å². The van der Waals surface area contributed by atoms with E-state index < -0.39 is 23.4 Å². The van der Waals surface area contributed by atoms with Crippen LogP contribution in [-0.4, -0.2) is 128 Å². The van der Waals surface area contributed by atoms with Gasteiger partial charge in [0.15, 0.2) is 0 Å². The van der Waals surface area contributed by atoms with E-state index >= 15 is 0 Å². The minimum Gasteiger partial charge on any atom is -0.444 e. The van der Waals surface area contributed by atoms with Gasteiger partial charge in [-0.25, -0.2) is 19.2 Å². The fourth-order valence-corrected chi connectivity index (χ4v) is 2.98. The molecular weight excluding hydrogens is 580 g/mol. The molecule has 0 bridgehead atoms. The number of hydrogen-bond donors (Lipinski definition) is 6. The molecule has 6 amide bonds. The molecule has 0 aromatic rings. The first-order valence-electron chi connectivity index (χ1n) is 15.1. The molecule has 0 aliphatic rings. The van der Waals surface area contributed by atoms with Crippen molar-refractivity contribution in [1.82, 2.24) is 31.9 Å². The maximum Gasteiger partial charge on any atom is 0.407 e. The van der Waals surface area contributed by atoms with Gasteiger partial charge >= 0.3 is 24.2 Å². The van der Waals surface area contributed by atoms with Crippen molar-refractivity contribution in [3.8, 4) is 0 Å². The third-order valence-electron chi connectivity index (χ3n) is 4.81. The maximum absolute atomic E-state index is 11.8. The molecule has 258 valence electrons. The van der Waals surface area contributed by atoms with E-state index in [-0.39, 0.29) is 12.1 Å². The van der Waals surface area contributed by atoms with Crippen LogP contribution < -0.4 is 31.9 Å². The number of amides is 6. The summed E-state index contributed by atoms with van der Waals surface area (Å²) < 4.78 is 31.7. The summed E-state index contributed by atoms with van der Waals surface area (Å²) in [6.45, 7) is 16.0. The second-order valence-corrected chi connectivity index (χ2v) is 11.4. The highest BCUT2D eigenvalue weighted by atomic mass is 16.6. The molecule has 16 heteroatoms. The van der Waals surface area contributed by atoms with Crippen molar-refractivity contribution in [2.75, 3.05) is 92.1 Å². The molecule has 0 aromatic heterocycles. The highest BCUT2D eigenvalue weighted by molar-refractivity contribution is 5.74. The molecule has 0 fully saturated rings. The quantitative estimate of drug-likeness (QED) is 0.0894. The van der Waals surface area contributed by atoms with Gasteiger partial charge in [-0.1, -0.05) is 0 Å². The Morgan fingerprint density at radius 1 is 0.409 bits per heavy atom. The molecule has 16 nitrogen and oxygen atoms in total. The lowest BCUT2D eigenvalue weighted by atomic mass is 10.2. The van der Waals surface area contributed by atoms with Gasteiger partial charge in [0.05, 0.1) is 52.9 Å². The lowest BCUT2D eigenvalue weighted by Gasteiger charge is -2.19. The molecule has 0 aliphatic heterocycles. The van der Waals surface area contributed by atoms with Gasteiger partial charge in [-0.3, -0.25) is 0 Å². The van der Waals surface area contributed by atoms with Crippen LogP contribution in [0.1, 0.15) is 54.4 Å². The van der Waals surface area contributed by atoms with Crippen molar-refractivity contribution in [2.45, 2.75) is 65.6 Å². The standard InChI is InChI=1S/C28H56N6O10/c1-27(2,3)43-25(37)33-13-17-41-21-19-39-15-11-31-23(35)29-9-7-8-10-30-24(36)32-12-16-40-20-22-42-18-14-34-26(38)44-28(4,5)6/h7-22H2,1-6H3,(H,33,37)(H,34,38)(H2,29,31,35)(H2,30,32,36). The van der Waals surface area contributed by atoms with Crippen molar-refractivity contribution < 1.29 is 47.6 Å². The lowest BCUT2D eigenvalue weighted by molar-refractivity contribution is 0.0400. The fourth-order valence-electron chi connectivity index (χ4n) is 2.98. The normalized spacial score (nSPS) is 11.3. The number of ether oxygens (including phenoxy) is 6. The van der Waals surface area contributed by atoms with E-state index in [2.05, 4.69) is 31.9 Å². The average Bonchev–Trinajstić information content (AvgIpc) is 2.90. The topological polar surface area (TPSA) is 196 Å². The predicted molar refractivity (Wildman–Crippen MR) is 164 cm³/mol. The molecule has 0 heterocycles. The van der Waals surface area contributed by atoms with Gasteiger partial charge in [-0.15, -0.1) is 0 Å². The summed E-state index contributed by atoms with van der Waals surface area (Å²) >= 11 is 0. The van der Waals surface area contributed by atoms with E-state index in [1.165, 1.54) is 0 Å². The number of carbonyl (C=O) groups is 4. The Morgan fingerprint density at radius 3 is 0.977 bits per heavy atom. The van der Waals surface area contributed by atoms with Gasteiger partial charge in [0.2, 0.25) is 0 Å². The van der Waals surface area contributed by atoms with Gasteiger partial charge in [0, 0.05) is 39.3 Å². The van der Waals surface area contributed by atoms with E-state index in [1.807, 2.05) is 0 Å². The summed E-state index contributed by atoms with van der Waals surface area (Å²) in [6, 6.07) is -0.571. The van der Waals surface area contributed by atoms with E-state index in [4.69, 9.17) is 28.4 Å². The molecule has 0 atom stereocenters. The number of alkyl carbamates (subject to hydrolysis) is 2. The van der Waals surface area contributed by atoms with Gasteiger partial charge in [-0.2, -0.15) is 0 Å². The smallest absolute Gasteiger partial charge is 0.407 e. The molecule has 0 rings (SSSR count). The summed E-state index contributed by atoms with van der Waals surface area (Å²) in [4.78, 5) is 46.5. The Kier molecular flexibility index (Phi) is 23.5. The van der Waals surface area contributed by atoms with E-state index in [0.29, 0.717) is 105 Å². The van der Waals surface area contributed by atoms with Crippen LogP contribution in [0, 0.1) is 0 Å². The van der Waals surface area contributed by atoms with E-state index in [9.17, 15) is 19.2 Å². The highest BCUT2D eigenvalue weighted by Crippen LogP contribution is 2.06. The van der Waals surface area contributed by atoms with Crippen LogP contribution in [0.4, 0.5) is 19.2 Å². The molecule has 0 saturated carbocycles. The summed E-state index contributed by atoms with van der Waals surface area (Å²) in [7, 11) is 0. The van der Waals surface area contributed by atoms with Crippen molar-refractivity contribution in [2.24, 2.45) is 0 Å². The predicted octanol–water partition coefficient (Wildman–Crippen LogP) is 1.48. The highest BCUT2D eigenvalue weighted by Gasteiger charge is 2.16. The van der Waals surface area contributed by atoms with E-state index in [0.717, 1.165) is 0 Å². The largest absolute Gasteiger partial charge is 0.444 e. The number of urea groups is 2. The molecule has 0 unspecified atom stereocenters. The lowest BCUT2D eigenvalue weighted by Crippen LogP contribution is -2.39. The van der Waals surface area contributed by atoms with Crippen LogP contribution in [0.2, 0.25) is 0 Å². The minimum atomic E-state index is -0.537. The Hall–Kier alpha value is -3.08. The number of hydrogen-bond acceptors (Lipinski definition) is 10. The van der Waals surface area contributed by atoms with Crippen molar-refractivity contribution in [1.29, 1.82) is 0 Å². The van der Waals surface area contributed by atoms with Crippen LogP contribution in [0.15, 0.2) is 0 Å². The molecule has 0 aromatic carbocycles. The number of carbonyl (C=O) groups excluding carboxylic acids is 4. The zero-order valence-corrected chi connectivity index (χ0v) is 27.4. The fraction of sp³-hybridized carbons (Fsp3) is 0.857. The van der Waals surface area contributed by atoms with E-state index in [1.54, 1.807) is 41.5 Å². The average molecular weight is 637 g/mol. The second kappa shape index (κ2) is 25.3. The molecule has 0 radical (unpaired) electrons. The van der Waals surface area contributed by atoms with Crippen LogP contribution >= 0.6 is 0 Å². The second-order valence-electron chi connectivity index (χ2n) is 11.4. The number of rotatable bonds is 23. The van der Waals surface area contributed by atoms with Crippen LogP contribution in [0.5, 0.6) is 0 Å². The monoisotopic (exact) mass is 636 g/mol. The SMILES string of the molecule is CC(C)(C)OC(=O)NCCOCCOCCNC(=O)NCCCCNC(=O)NCCOCCOCCNC(=O)OC(C)(C)C. The minimum absolute atomic E-state index is 0.286. The number of nitrogens with one attached hydrogen (secondary N) is 6. The molecular formula is C28H56N6O10. The molecule has 6 N–H and O–H groups in total. The number of unbranched alkanes of at least 4 members (excludes halogenated alkanes) is 1. The Labute approximate surface area is 261 Å². The first kappa shape index (κ1) is 40.9. The van der Waals surface area contributed by atoms with Crippen LogP contribution in [-0.2, 0) is 28.4 Å². The zero-order valence-electron chi connectivity index (χ0n) is 27.4. The first-order chi connectivity index (χ1) is 20.8. The molecule has 0 saturated heterocycles. The summed E-state index contributed by atoms with van der Waals surface area (Å²) in [5.74, 6) is 0. The summed E-state index contributed by atoms with van der Waals surface area (Å²) in [6.07, 6.45) is 0.453. The van der Waals surface area contributed by atoms with Gasteiger partial charge in [0.25, 0.3) is 0 Å².